The Kier molecular flexibility index (Phi) is 6.21. The lowest BCUT2D eigenvalue weighted by Gasteiger charge is -2.07. The van der Waals surface area contributed by atoms with Crippen LogP contribution in [0.15, 0.2) is 24.3 Å². The summed E-state index contributed by atoms with van der Waals surface area (Å²) in [5.74, 6) is 0.398. The van der Waals surface area contributed by atoms with Gasteiger partial charge in [-0.2, -0.15) is 0 Å². The molecule has 1 aromatic carbocycles. The van der Waals surface area contributed by atoms with Gasteiger partial charge >= 0.3 is 5.97 Å². The molecule has 0 aromatic heterocycles. The number of methoxy groups -OCH3 is 1. The summed E-state index contributed by atoms with van der Waals surface area (Å²) >= 11 is 0. The van der Waals surface area contributed by atoms with E-state index >= 15 is 0 Å². The van der Waals surface area contributed by atoms with E-state index in [1.807, 2.05) is 0 Å². The van der Waals surface area contributed by atoms with Gasteiger partial charge in [-0.25, -0.2) is 0 Å². The monoisotopic (exact) mass is 267 g/mol. The minimum atomic E-state index is -0.472. The van der Waals surface area contributed by atoms with Crippen molar-refractivity contribution in [1.82, 2.24) is 5.32 Å². The highest BCUT2D eigenvalue weighted by Crippen LogP contribution is 2.16. The van der Waals surface area contributed by atoms with Crippen LogP contribution < -0.4 is 14.8 Å². The standard InChI is InChI=1S/C13H17NO5/c1-3-18-13(16)8-14-12(15)9-19-11-6-4-10(17-2)5-7-11/h4-7H,3,8-9H2,1-2H3,(H,14,15). The number of hydrogen-bond donors (Lipinski definition) is 1. The van der Waals surface area contributed by atoms with Gasteiger partial charge in [0.05, 0.1) is 13.7 Å². The number of rotatable bonds is 7. The Labute approximate surface area is 111 Å². The number of carbonyl (C=O) groups is 2. The lowest BCUT2D eigenvalue weighted by molar-refractivity contribution is -0.143. The van der Waals surface area contributed by atoms with E-state index in [9.17, 15) is 9.59 Å². The maximum absolute atomic E-state index is 11.4. The van der Waals surface area contributed by atoms with Crippen LogP contribution in [0.3, 0.4) is 0 Å². The van der Waals surface area contributed by atoms with E-state index in [2.05, 4.69) is 10.1 Å². The molecule has 19 heavy (non-hydrogen) atoms. The van der Waals surface area contributed by atoms with Crippen LogP contribution >= 0.6 is 0 Å². The molecule has 104 valence electrons. The van der Waals surface area contributed by atoms with Crippen molar-refractivity contribution in [3.05, 3.63) is 24.3 Å². The smallest absolute Gasteiger partial charge is 0.325 e. The molecule has 0 bridgehead atoms. The van der Waals surface area contributed by atoms with Gasteiger partial charge in [0.2, 0.25) is 0 Å². The average Bonchev–Trinajstić information content (AvgIpc) is 2.44. The van der Waals surface area contributed by atoms with Crippen molar-refractivity contribution in [3.8, 4) is 11.5 Å². The van der Waals surface area contributed by atoms with Crippen LogP contribution in [0.4, 0.5) is 0 Å². The van der Waals surface area contributed by atoms with Gasteiger partial charge < -0.3 is 19.5 Å². The molecule has 1 N–H and O–H groups in total. The quantitative estimate of drug-likeness (QED) is 0.738. The topological polar surface area (TPSA) is 73.9 Å². The summed E-state index contributed by atoms with van der Waals surface area (Å²) in [4.78, 5) is 22.4. The minimum absolute atomic E-state index is 0.154. The van der Waals surface area contributed by atoms with Crippen molar-refractivity contribution in [2.45, 2.75) is 6.92 Å². The van der Waals surface area contributed by atoms with Crippen molar-refractivity contribution in [2.24, 2.45) is 0 Å². The van der Waals surface area contributed by atoms with E-state index in [4.69, 9.17) is 9.47 Å². The van der Waals surface area contributed by atoms with Gasteiger partial charge in [-0.15, -0.1) is 0 Å². The third-order valence-corrected chi connectivity index (χ3v) is 2.16. The summed E-state index contributed by atoms with van der Waals surface area (Å²) in [6.45, 7) is 1.67. The Morgan fingerprint density at radius 2 is 1.79 bits per heavy atom. The largest absolute Gasteiger partial charge is 0.497 e. The lowest BCUT2D eigenvalue weighted by atomic mass is 10.3. The van der Waals surface area contributed by atoms with Crippen molar-refractivity contribution < 1.29 is 23.8 Å². The van der Waals surface area contributed by atoms with Crippen LogP contribution in [0.1, 0.15) is 6.92 Å². The molecule has 1 aromatic rings. The van der Waals surface area contributed by atoms with Crippen molar-refractivity contribution >= 4 is 11.9 Å². The molecule has 1 amide bonds. The Balaban J connectivity index is 2.27. The van der Waals surface area contributed by atoms with Crippen LogP contribution in [0.2, 0.25) is 0 Å². The summed E-state index contributed by atoms with van der Waals surface area (Å²) in [7, 11) is 1.57. The van der Waals surface area contributed by atoms with Crippen molar-refractivity contribution in [1.29, 1.82) is 0 Å². The fourth-order valence-corrected chi connectivity index (χ4v) is 1.25. The molecular formula is C13H17NO5. The summed E-state index contributed by atoms with van der Waals surface area (Å²) in [5, 5.41) is 2.40. The average molecular weight is 267 g/mol. The number of hydrogen-bond acceptors (Lipinski definition) is 5. The van der Waals surface area contributed by atoms with Gasteiger partial charge in [0.15, 0.2) is 6.61 Å². The number of nitrogens with one attached hydrogen (secondary N) is 1. The Hall–Kier alpha value is -2.24. The lowest BCUT2D eigenvalue weighted by Crippen LogP contribution is -2.34. The predicted octanol–water partition coefficient (Wildman–Crippen LogP) is 0.753. The van der Waals surface area contributed by atoms with Crippen molar-refractivity contribution in [3.63, 3.8) is 0 Å². The Morgan fingerprint density at radius 1 is 1.16 bits per heavy atom. The second kappa shape index (κ2) is 7.97. The van der Waals surface area contributed by atoms with Crippen molar-refractivity contribution in [2.75, 3.05) is 26.9 Å². The maximum Gasteiger partial charge on any atom is 0.325 e. The van der Waals surface area contributed by atoms with Gasteiger partial charge in [0, 0.05) is 0 Å². The first kappa shape index (κ1) is 14.8. The van der Waals surface area contributed by atoms with E-state index in [-0.39, 0.29) is 25.7 Å². The van der Waals surface area contributed by atoms with Crippen LogP contribution in [-0.4, -0.2) is 38.7 Å². The number of carbonyl (C=O) groups excluding carboxylic acids is 2. The zero-order valence-corrected chi connectivity index (χ0v) is 11.0. The molecule has 0 unspecified atom stereocenters. The molecule has 0 aliphatic heterocycles. The number of ether oxygens (including phenoxy) is 3. The van der Waals surface area contributed by atoms with Gasteiger partial charge in [-0.3, -0.25) is 9.59 Å². The van der Waals surface area contributed by atoms with E-state index in [0.29, 0.717) is 11.5 Å². The predicted molar refractivity (Wildman–Crippen MR) is 68.1 cm³/mol. The van der Waals surface area contributed by atoms with Crippen LogP contribution in [0.5, 0.6) is 11.5 Å². The third kappa shape index (κ3) is 5.76. The highest BCUT2D eigenvalue weighted by Gasteiger charge is 2.06. The highest BCUT2D eigenvalue weighted by molar-refractivity contribution is 5.82. The third-order valence-electron chi connectivity index (χ3n) is 2.16. The number of esters is 1. The number of benzene rings is 1. The normalized spacial score (nSPS) is 9.58. The molecule has 1 rings (SSSR count). The SMILES string of the molecule is CCOC(=O)CNC(=O)COc1ccc(OC)cc1. The van der Waals surface area contributed by atoms with Gasteiger partial charge in [-0.05, 0) is 31.2 Å². The molecule has 0 fully saturated rings. The summed E-state index contributed by atoms with van der Waals surface area (Å²) in [5.41, 5.74) is 0. The second-order valence-electron chi connectivity index (χ2n) is 3.55. The fraction of sp³-hybridized carbons (Fsp3) is 0.385. The molecule has 0 radical (unpaired) electrons. The Bertz CT molecular complexity index is 416. The molecule has 0 atom stereocenters. The van der Waals surface area contributed by atoms with Crippen LogP contribution in [0, 0.1) is 0 Å². The van der Waals surface area contributed by atoms with E-state index in [1.165, 1.54) is 0 Å². The zero-order valence-electron chi connectivity index (χ0n) is 11.0. The molecule has 6 heteroatoms. The van der Waals surface area contributed by atoms with E-state index < -0.39 is 5.97 Å². The van der Waals surface area contributed by atoms with Gasteiger partial charge in [0.1, 0.15) is 18.0 Å². The maximum atomic E-state index is 11.4. The minimum Gasteiger partial charge on any atom is -0.497 e. The molecule has 0 aliphatic rings. The second-order valence-corrected chi connectivity index (χ2v) is 3.55. The molecular weight excluding hydrogens is 250 g/mol. The Morgan fingerprint density at radius 3 is 2.37 bits per heavy atom. The first-order chi connectivity index (χ1) is 9.15. The highest BCUT2D eigenvalue weighted by atomic mass is 16.5. The number of amides is 1. The molecule has 0 heterocycles. The summed E-state index contributed by atoms with van der Waals surface area (Å²) in [6, 6.07) is 6.84. The van der Waals surface area contributed by atoms with Crippen LogP contribution in [0.25, 0.3) is 0 Å². The van der Waals surface area contributed by atoms with Crippen LogP contribution in [-0.2, 0) is 14.3 Å². The summed E-state index contributed by atoms with van der Waals surface area (Å²) < 4.78 is 14.9. The van der Waals surface area contributed by atoms with E-state index in [0.717, 1.165) is 0 Å². The first-order valence-electron chi connectivity index (χ1n) is 5.85. The first-order valence-corrected chi connectivity index (χ1v) is 5.85. The zero-order chi connectivity index (χ0) is 14.1. The molecule has 6 nitrogen and oxygen atoms in total. The fourth-order valence-electron chi connectivity index (χ4n) is 1.25. The molecule has 0 spiro atoms. The van der Waals surface area contributed by atoms with Gasteiger partial charge in [0.25, 0.3) is 5.91 Å². The molecule has 0 aliphatic carbocycles. The summed E-state index contributed by atoms with van der Waals surface area (Å²) in [6.07, 6.45) is 0. The van der Waals surface area contributed by atoms with Gasteiger partial charge in [-0.1, -0.05) is 0 Å². The molecule has 0 saturated carbocycles. The molecule has 0 saturated heterocycles. The van der Waals surface area contributed by atoms with E-state index in [1.54, 1.807) is 38.3 Å².